The standard InChI is InChI=1S/C10H9BrO5/c1-15-8-3-6(4-12)2-7(11)10(8)16-5-9(13)14/h2-4H,5H2,1H3,(H,13,14). The minimum atomic E-state index is -1.09. The molecule has 5 nitrogen and oxygen atoms in total. The summed E-state index contributed by atoms with van der Waals surface area (Å²) in [6, 6.07) is 2.99. The summed E-state index contributed by atoms with van der Waals surface area (Å²) in [4.78, 5) is 21.0. The molecule has 0 aliphatic heterocycles. The number of hydrogen-bond donors (Lipinski definition) is 1. The van der Waals surface area contributed by atoms with Crippen molar-refractivity contribution in [2.75, 3.05) is 13.7 Å². The van der Waals surface area contributed by atoms with Crippen LogP contribution in [0.25, 0.3) is 0 Å². The van der Waals surface area contributed by atoms with E-state index in [2.05, 4.69) is 15.9 Å². The Balaban J connectivity index is 3.06. The van der Waals surface area contributed by atoms with Crippen LogP contribution in [-0.4, -0.2) is 31.1 Å². The Bertz CT molecular complexity index is 416. The van der Waals surface area contributed by atoms with Gasteiger partial charge < -0.3 is 14.6 Å². The zero-order valence-electron chi connectivity index (χ0n) is 8.40. The lowest BCUT2D eigenvalue weighted by molar-refractivity contribution is -0.139. The fraction of sp³-hybridized carbons (Fsp3) is 0.200. The first-order valence-corrected chi connectivity index (χ1v) is 5.05. The van der Waals surface area contributed by atoms with Gasteiger partial charge in [-0.3, -0.25) is 4.79 Å². The number of ether oxygens (including phenoxy) is 2. The highest BCUT2D eigenvalue weighted by molar-refractivity contribution is 9.10. The Morgan fingerprint density at radius 2 is 2.25 bits per heavy atom. The van der Waals surface area contributed by atoms with E-state index in [0.717, 1.165) is 0 Å². The largest absolute Gasteiger partial charge is 0.493 e. The molecule has 0 fully saturated rings. The molecule has 0 aliphatic rings. The first-order valence-electron chi connectivity index (χ1n) is 4.25. The maximum Gasteiger partial charge on any atom is 0.341 e. The van der Waals surface area contributed by atoms with Gasteiger partial charge in [-0.25, -0.2) is 4.79 Å². The molecule has 6 heteroatoms. The number of carboxylic acid groups (broad SMARTS) is 1. The molecule has 0 aliphatic carbocycles. The number of methoxy groups -OCH3 is 1. The number of benzene rings is 1. The zero-order chi connectivity index (χ0) is 12.1. The third-order valence-corrected chi connectivity index (χ3v) is 2.32. The lowest BCUT2D eigenvalue weighted by Gasteiger charge is -2.11. The van der Waals surface area contributed by atoms with E-state index in [4.69, 9.17) is 14.6 Å². The van der Waals surface area contributed by atoms with E-state index in [1.807, 2.05) is 0 Å². The molecule has 0 saturated heterocycles. The van der Waals surface area contributed by atoms with Crippen LogP contribution in [-0.2, 0) is 4.79 Å². The molecule has 0 unspecified atom stereocenters. The van der Waals surface area contributed by atoms with Gasteiger partial charge in [-0.2, -0.15) is 0 Å². The monoisotopic (exact) mass is 288 g/mol. The van der Waals surface area contributed by atoms with Crippen LogP contribution in [0.1, 0.15) is 10.4 Å². The summed E-state index contributed by atoms with van der Waals surface area (Å²) in [5, 5.41) is 8.49. The van der Waals surface area contributed by atoms with Crippen molar-refractivity contribution in [2.24, 2.45) is 0 Å². The molecule has 0 aromatic heterocycles. The Morgan fingerprint density at radius 1 is 1.56 bits per heavy atom. The first kappa shape index (κ1) is 12.5. The van der Waals surface area contributed by atoms with Crippen molar-refractivity contribution in [2.45, 2.75) is 0 Å². The molecule has 1 aromatic rings. The van der Waals surface area contributed by atoms with Crippen LogP contribution >= 0.6 is 15.9 Å². The Hall–Kier alpha value is -1.56. The van der Waals surface area contributed by atoms with Gasteiger partial charge in [0.1, 0.15) is 6.29 Å². The van der Waals surface area contributed by atoms with Crippen molar-refractivity contribution in [1.29, 1.82) is 0 Å². The number of hydrogen-bond acceptors (Lipinski definition) is 4. The summed E-state index contributed by atoms with van der Waals surface area (Å²) in [6.45, 7) is -0.477. The lowest BCUT2D eigenvalue weighted by atomic mass is 10.2. The maximum absolute atomic E-state index is 10.6. The Labute approximate surface area is 100 Å². The van der Waals surface area contributed by atoms with Crippen molar-refractivity contribution in [3.8, 4) is 11.5 Å². The van der Waals surface area contributed by atoms with Gasteiger partial charge in [-0.15, -0.1) is 0 Å². The molecule has 0 amide bonds. The highest BCUT2D eigenvalue weighted by atomic mass is 79.9. The first-order chi connectivity index (χ1) is 7.58. The Morgan fingerprint density at radius 3 is 2.75 bits per heavy atom. The molecule has 0 radical (unpaired) electrons. The van der Waals surface area contributed by atoms with Crippen LogP contribution in [0, 0.1) is 0 Å². The number of aldehydes is 1. The summed E-state index contributed by atoms with van der Waals surface area (Å²) < 4.78 is 10.5. The smallest absolute Gasteiger partial charge is 0.341 e. The van der Waals surface area contributed by atoms with Crippen LogP contribution in [0.5, 0.6) is 11.5 Å². The summed E-state index contributed by atoms with van der Waals surface area (Å²) in [7, 11) is 1.41. The van der Waals surface area contributed by atoms with Gasteiger partial charge in [-0.1, -0.05) is 0 Å². The highest BCUT2D eigenvalue weighted by Crippen LogP contribution is 2.36. The van der Waals surface area contributed by atoms with Gasteiger partial charge in [0, 0.05) is 5.56 Å². The van der Waals surface area contributed by atoms with Crippen LogP contribution < -0.4 is 9.47 Å². The third-order valence-electron chi connectivity index (χ3n) is 1.73. The Kier molecular flexibility index (Phi) is 4.30. The van der Waals surface area contributed by atoms with E-state index >= 15 is 0 Å². The quantitative estimate of drug-likeness (QED) is 0.836. The number of carbonyl (C=O) groups excluding carboxylic acids is 1. The van der Waals surface area contributed by atoms with Crippen molar-refractivity contribution in [1.82, 2.24) is 0 Å². The SMILES string of the molecule is COc1cc(C=O)cc(Br)c1OCC(=O)O. The van der Waals surface area contributed by atoms with Crippen molar-refractivity contribution >= 4 is 28.2 Å². The van der Waals surface area contributed by atoms with E-state index in [9.17, 15) is 9.59 Å². The van der Waals surface area contributed by atoms with E-state index < -0.39 is 12.6 Å². The highest BCUT2D eigenvalue weighted by Gasteiger charge is 2.12. The molecular weight excluding hydrogens is 280 g/mol. The van der Waals surface area contributed by atoms with Gasteiger partial charge in [0.05, 0.1) is 11.6 Å². The molecule has 0 saturated carbocycles. The third kappa shape index (κ3) is 2.96. The van der Waals surface area contributed by atoms with Gasteiger partial charge in [0.15, 0.2) is 18.1 Å². The number of aliphatic carboxylic acids is 1. The molecule has 0 bridgehead atoms. The van der Waals surface area contributed by atoms with Gasteiger partial charge in [0.25, 0.3) is 0 Å². The molecule has 16 heavy (non-hydrogen) atoms. The van der Waals surface area contributed by atoms with E-state index in [0.29, 0.717) is 22.1 Å². The van der Waals surface area contributed by atoms with Crippen LogP contribution in [0.2, 0.25) is 0 Å². The second kappa shape index (κ2) is 5.50. The van der Waals surface area contributed by atoms with Crippen LogP contribution in [0.4, 0.5) is 0 Å². The molecule has 0 atom stereocenters. The van der Waals surface area contributed by atoms with Crippen molar-refractivity contribution < 1.29 is 24.2 Å². The van der Waals surface area contributed by atoms with E-state index in [1.165, 1.54) is 19.2 Å². The minimum absolute atomic E-state index is 0.260. The van der Waals surface area contributed by atoms with Gasteiger partial charge in [-0.05, 0) is 28.1 Å². The number of halogens is 1. The molecule has 1 N–H and O–H groups in total. The normalized spacial score (nSPS) is 9.62. The molecule has 1 rings (SSSR count). The zero-order valence-corrected chi connectivity index (χ0v) is 9.98. The van der Waals surface area contributed by atoms with Gasteiger partial charge >= 0.3 is 5.97 Å². The summed E-state index contributed by atoms with van der Waals surface area (Å²) >= 11 is 3.17. The molecular formula is C10H9BrO5. The van der Waals surface area contributed by atoms with E-state index in [1.54, 1.807) is 0 Å². The average molecular weight is 289 g/mol. The van der Waals surface area contributed by atoms with Gasteiger partial charge in [0.2, 0.25) is 0 Å². The molecule has 1 aromatic carbocycles. The average Bonchev–Trinajstić information content (AvgIpc) is 2.26. The second-order valence-electron chi connectivity index (χ2n) is 2.83. The molecule has 86 valence electrons. The van der Waals surface area contributed by atoms with Crippen molar-refractivity contribution in [3.05, 3.63) is 22.2 Å². The number of carbonyl (C=O) groups is 2. The predicted octanol–water partition coefficient (Wildman–Crippen LogP) is 1.73. The number of rotatable bonds is 5. The fourth-order valence-corrected chi connectivity index (χ4v) is 1.66. The van der Waals surface area contributed by atoms with E-state index in [-0.39, 0.29) is 5.75 Å². The lowest BCUT2D eigenvalue weighted by Crippen LogP contribution is -2.10. The minimum Gasteiger partial charge on any atom is -0.493 e. The maximum atomic E-state index is 10.6. The van der Waals surface area contributed by atoms with Crippen LogP contribution in [0.15, 0.2) is 16.6 Å². The van der Waals surface area contributed by atoms with Crippen LogP contribution in [0.3, 0.4) is 0 Å². The number of carboxylic acids is 1. The summed E-state index contributed by atoms with van der Waals surface area (Å²) in [6.07, 6.45) is 0.661. The fourth-order valence-electron chi connectivity index (χ4n) is 1.08. The molecule has 0 heterocycles. The molecule has 0 spiro atoms. The summed E-state index contributed by atoms with van der Waals surface area (Å²) in [5.74, 6) is -0.526. The topological polar surface area (TPSA) is 72.8 Å². The predicted molar refractivity (Wildman–Crippen MR) is 59.2 cm³/mol. The van der Waals surface area contributed by atoms with Crippen molar-refractivity contribution in [3.63, 3.8) is 0 Å². The summed E-state index contributed by atoms with van der Waals surface area (Å²) in [5.41, 5.74) is 0.409. The second-order valence-corrected chi connectivity index (χ2v) is 3.69.